The summed E-state index contributed by atoms with van der Waals surface area (Å²) in [5.74, 6) is 0. The van der Waals surface area contributed by atoms with Crippen molar-refractivity contribution in [1.29, 1.82) is 0 Å². The molecular formula is AgPSV. The fourth-order valence-electron chi connectivity index (χ4n) is 0. The van der Waals surface area contributed by atoms with Crippen molar-refractivity contribution in [1.82, 2.24) is 0 Å². The molecule has 0 rings (SSSR count). The van der Waals surface area contributed by atoms with Crippen LogP contribution in [0.1, 0.15) is 0 Å². The molecule has 0 aromatic rings. The van der Waals surface area contributed by atoms with Gasteiger partial charge in [-0.25, -0.2) is 0 Å². The second-order valence-electron chi connectivity index (χ2n) is 0. The number of hydrogen-bond acceptors (Lipinski definition) is 1. The summed E-state index contributed by atoms with van der Waals surface area (Å²) in [4.78, 5) is 0. The van der Waals surface area contributed by atoms with Crippen LogP contribution < -0.4 is 0 Å². The van der Waals surface area contributed by atoms with E-state index in [0.717, 1.165) is 0 Å². The average molecular weight is 222 g/mol. The van der Waals surface area contributed by atoms with E-state index in [-0.39, 0.29) is 40.9 Å². The van der Waals surface area contributed by atoms with E-state index < -0.39 is 0 Å². The number of rotatable bonds is 0. The molecule has 0 unspecified atom stereocenters. The van der Waals surface area contributed by atoms with Gasteiger partial charge in [0.1, 0.15) is 0 Å². The summed E-state index contributed by atoms with van der Waals surface area (Å²) in [6.07, 6.45) is 0. The van der Waals surface area contributed by atoms with E-state index in [2.05, 4.69) is 19.8 Å². The molecule has 0 bridgehead atoms. The molecule has 3 radical (unpaired) electrons. The standard InChI is InChI=1S/Ag.PS.V/c;1-2;. The zero-order chi connectivity index (χ0) is 2.00. The minimum Gasteiger partial charge on any atom is -0.0464 e. The van der Waals surface area contributed by atoms with E-state index in [9.17, 15) is 0 Å². The first-order chi connectivity index (χ1) is 1.00. The van der Waals surface area contributed by atoms with Crippen molar-refractivity contribution >= 4 is 19.8 Å². The molecule has 0 heterocycles. The van der Waals surface area contributed by atoms with Crippen LogP contribution in [0.4, 0.5) is 0 Å². The average Bonchev–Trinajstić information content (AvgIpc) is 1.00. The molecular weight excluding hydrogens is 222 g/mol. The molecule has 0 aliphatic rings. The van der Waals surface area contributed by atoms with E-state index in [4.69, 9.17) is 0 Å². The maximum Gasteiger partial charge on any atom is 0.0464 e. The van der Waals surface area contributed by atoms with Crippen LogP contribution >= 0.6 is 8.02 Å². The Bertz CT molecular complexity index is 8.00. The van der Waals surface area contributed by atoms with Crippen molar-refractivity contribution in [3.63, 3.8) is 0 Å². The summed E-state index contributed by atoms with van der Waals surface area (Å²) in [5, 5.41) is 0. The molecule has 0 amide bonds. The zero-order valence-corrected chi connectivity index (χ0v) is 6.19. The van der Waals surface area contributed by atoms with Gasteiger partial charge in [0, 0.05) is 49.0 Å². The van der Waals surface area contributed by atoms with Crippen LogP contribution in [0.2, 0.25) is 0 Å². The molecule has 0 atom stereocenters. The van der Waals surface area contributed by atoms with Gasteiger partial charge >= 0.3 is 0 Å². The second-order valence-corrected chi connectivity index (χ2v) is 0. The van der Waals surface area contributed by atoms with Gasteiger partial charge in [0.25, 0.3) is 0 Å². The molecule has 0 aromatic heterocycles. The molecule has 4 heavy (non-hydrogen) atoms. The van der Waals surface area contributed by atoms with E-state index in [1.165, 1.54) is 0 Å². The predicted octanol–water partition coefficient (Wildman–Crippen LogP) is 0.854. The van der Waals surface area contributed by atoms with Crippen LogP contribution in [0.25, 0.3) is 0 Å². The van der Waals surface area contributed by atoms with Crippen LogP contribution in [0.15, 0.2) is 0 Å². The van der Waals surface area contributed by atoms with Gasteiger partial charge in [-0.3, -0.25) is 0 Å². The largest absolute Gasteiger partial charge is 0.0464 e. The topological polar surface area (TPSA) is 0 Å². The molecule has 0 fully saturated rings. The minimum atomic E-state index is 0. The van der Waals surface area contributed by atoms with Crippen molar-refractivity contribution in [3.05, 3.63) is 0 Å². The minimum absolute atomic E-state index is 0. The first-order valence-corrected chi connectivity index (χ1v) is 1.64. The maximum atomic E-state index is 3.78. The summed E-state index contributed by atoms with van der Waals surface area (Å²) in [6.45, 7) is 0. The third-order valence-corrected chi connectivity index (χ3v) is 0. The Morgan fingerprint density at radius 3 is 1.25 bits per heavy atom. The first kappa shape index (κ1) is 17.0. The van der Waals surface area contributed by atoms with Crippen LogP contribution in [-0.2, 0) is 52.7 Å². The van der Waals surface area contributed by atoms with Crippen molar-refractivity contribution in [2.45, 2.75) is 0 Å². The van der Waals surface area contributed by atoms with Crippen molar-refractivity contribution < 1.29 is 40.9 Å². The van der Waals surface area contributed by atoms with Gasteiger partial charge in [-0.15, -0.1) is 0 Å². The molecule has 0 N–H and O–H groups in total. The summed E-state index contributed by atoms with van der Waals surface area (Å²) in [5.41, 5.74) is 0. The molecule has 4 heteroatoms. The molecule has 0 spiro atoms. The molecule has 0 nitrogen and oxygen atoms in total. The predicted molar refractivity (Wildman–Crippen MR) is 14.3 cm³/mol. The maximum absolute atomic E-state index is 3.78. The third-order valence-electron chi connectivity index (χ3n) is 0. The van der Waals surface area contributed by atoms with Crippen LogP contribution in [0.5, 0.6) is 0 Å². The van der Waals surface area contributed by atoms with Crippen LogP contribution in [0.3, 0.4) is 0 Å². The normalized spacial score (nSPS) is 1.00. The quantitative estimate of drug-likeness (QED) is 0.432. The van der Waals surface area contributed by atoms with E-state index in [1.807, 2.05) is 0 Å². The van der Waals surface area contributed by atoms with Gasteiger partial charge in [0.05, 0.1) is 0 Å². The monoisotopic (exact) mass is 221 g/mol. The van der Waals surface area contributed by atoms with Gasteiger partial charge in [0.2, 0.25) is 0 Å². The van der Waals surface area contributed by atoms with Gasteiger partial charge < -0.3 is 0 Å². The number of hydrogen-bond donors (Lipinski definition) is 0. The second kappa shape index (κ2) is 21.0. The van der Waals surface area contributed by atoms with Crippen molar-refractivity contribution in [2.75, 3.05) is 0 Å². The Morgan fingerprint density at radius 1 is 1.25 bits per heavy atom. The van der Waals surface area contributed by atoms with Gasteiger partial charge in [-0.05, 0) is 11.8 Å². The van der Waals surface area contributed by atoms with Crippen molar-refractivity contribution in [2.24, 2.45) is 0 Å². The summed E-state index contributed by atoms with van der Waals surface area (Å²) in [7, 11) is 3.11. The van der Waals surface area contributed by atoms with Crippen LogP contribution in [-0.4, -0.2) is 0 Å². The van der Waals surface area contributed by atoms with Gasteiger partial charge in [0.15, 0.2) is 0 Å². The molecule has 0 saturated carbocycles. The molecule has 0 aromatic carbocycles. The zero-order valence-electron chi connectivity index (χ0n) is 1.60. The Hall–Kier alpha value is 1.84. The summed E-state index contributed by atoms with van der Waals surface area (Å²) >= 11 is 3.78. The third kappa shape index (κ3) is 9.14. The molecule has 27 valence electrons. The Morgan fingerprint density at radius 2 is 1.25 bits per heavy atom. The van der Waals surface area contributed by atoms with Gasteiger partial charge in [-0.1, -0.05) is 0 Å². The SMILES string of the molecule is [Ag].[P]=S.[V]. The molecule has 0 saturated heterocycles. The fourth-order valence-corrected chi connectivity index (χ4v) is 0. The van der Waals surface area contributed by atoms with Gasteiger partial charge in [-0.2, -0.15) is 0 Å². The summed E-state index contributed by atoms with van der Waals surface area (Å²) < 4.78 is 0. The molecule has 0 aliphatic carbocycles. The van der Waals surface area contributed by atoms with Crippen LogP contribution in [0, 0.1) is 0 Å². The molecule has 0 aliphatic heterocycles. The summed E-state index contributed by atoms with van der Waals surface area (Å²) in [6, 6.07) is 0. The Kier molecular flexibility index (Phi) is 89.2. The smallest absolute Gasteiger partial charge is 0.0464 e. The Labute approximate surface area is 60.4 Å². The van der Waals surface area contributed by atoms with Crippen molar-refractivity contribution in [3.8, 4) is 0 Å². The van der Waals surface area contributed by atoms with E-state index in [1.54, 1.807) is 0 Å². The Balaban J connectivity index is -0.00000000500. The first-order valence-electron chi connectivity index (χ1n) is 0.183. The fraction of sp³-hybridized carbons (Fsp3) is 0. The van der Waals surface area contributed by atoms with E-state index in [0.29, 0.717) is 0 Å². The van der Waals surface area contributed by atoms with E-state index >= 15 is 0 Å².